The molecule has 0 aliphatic carbocycles. The molecule has 0 saturated carbocycles. The van der Waals surface area contributed by atoms with E-state index in [0.29, 0.717) is 0 Å². The molecule has 1 radical (unpaired) electrons. The van der Waals surface area contributed by atoms with Crippen molar-refractivity contribution in [2.45, 2.75) is 26.7 Å². The van der Waals surface area contributed by atoms with Gasteiger partial charge >= 0.3 is 0 Å². The van der Waals surface area contributed by atoms with Gasteiger partial charge in [-0.05, 0) is 41.7 Å². The first-order valence-electron chi connectivity index (χ1n) is 5.88. The van der Waals surface area contributed by atoms with Gasteiger partial charge in [0, 0.05) is 0 Å². The average molecular weight is 209 g/mol. The lowest BCUT2D eigenvalue weighted by Gasteiger charge is -2.07. The Morgan fingerprint density at radius 1 is 1.00 bits per heavy atom. The van der Waals surface area contributed by atoms with Crippen LogP contribution in [0.25, 0.3) is 11.1 Å². The molecule has 2 rings (SSSR count). The molecule has 0 heterocycles. The van der Waals surface area contributed by atoms with E-state index in [1.54, 1.807) is 0 Å². The summed E-state index contributed by atoms with van der Waals surface area (Å²) in [5.41, 5.74) is 5.14. The normalized spacial score (nSPS) is 10.4. The van der Waals surface area contributed by atoms with E-state index in [9.17, 15) is 0 Å². The summed E-state index contributed by atoms with van der Waals surface area (Å²) in [6, 6.07) is 18.4. The van der Waals surface area contributed by atoms with Crippen molar-refractivity contribution in [1.82, 2.24) is 0 Å². The Hall–Kier alpha value is -1.56. The van der Waals surface area contributed by atoms with Gasteiger partial charge in [0.1, 0.15) is 0 Å². The predicted octanol–water partition coefficient (Wildman–Crippen LogP) is 4.41. The first-order valence-corrected chi connectivity index (χ1v) is 5.88. The molecule has 16 heavy (non-hydrogen) atoms. The molecule has 0 aliphatic rings. The monoisotopic (exact) mass is 209 g/mol. The van der Waals surface area contributed by atoms with Gasteiger partial charge in [0.05, 0.1) is 0 Å². The van der Waals surface area contributed by atoms with Gasteiger partial charge in [-0.15, -0.1) is 0 Å². The van der Waals surface area contributed by atoms with Crippen molar-refractivity contribution >= 4 is 0 Å². The second-order valence-electron chi connectivity index (χ2n) is 4.14. The maximum absolute atomic E-state index is 3.48. The van der Waals surface area contributed by atoms with Gasteiger partial charge in [0.25, 0.3) is 0 Å². The smallest absolute Gasteiger partial charge is 0.0111 e. The summed E-state index contributed by atoms with van der Waals surface area (Å²) in [4.78, 5) is 0. The van der Waals surface area contributed by atoms with Crippen LogP contribution in [0.5, 0.6) is 0 Å². The van der Waals surface area contributed by atoms with E-state index in [4.69, 9.17) is 0 Å². The Labute approximate surface area is 97.9 Å². The second kappa shape index (κ2) is 4.98. The van der Waals surface area contributed by atoms with Crippen molar-refractivity contribution < 1.29 is 0 Å². The summed E-state index contributed by atoms with van der Waals surface area (Å²) in [6.45, 7) is 4.34. The Balaban J connectivity index is 2.37. The van der Waals surface area contributed by atoms with E-state index in [-0.39, 0.29) is 0 Å². The van der Waals surface area contributed by atoms with Crippen LogP contribution in [0, 0.1) is 13.0 Å². The maximum atomic E-state index is 3.48. The molecular weight excluding hydrogens is 192 g/mol. The highest BCUT2D eigenvalue weighted by Gasteiger charge is 2.02. The fourth-order valence-corrected chi connectivity index (χ4v) is 2.00. The van der Waals surface area contributed by atoms with Crippen LogP contribution in [0.1, 0.15) is 24.5 Å². The minimum atomic E-state index is 1.12. The molecule has 0 fully saturated rings. The van der Waals surface area contributed by atoms with Crippen LogP contribution in [0.15, 0.2) is 42.5 Å². The molecule has 0 saturated heterocycles. The van der Waals surface area contributed by atoms with E-state index in [1.807, 2.05) is 6.07 Å². The standard InChI is InChI=1S/C16H17/c1-3-7-14-10-11-16(13(2)12-14)15-8-5-4-6-9-15/h4-6,8-11H,3,7H2,1-2H3. The lowest BCUT2D eigenvalue weighted by atomic mass is 9.97. The minimum Gasteiger partial charge on any atom is -0.0651 e. The van der Waals surface area contributed by atoms with E-state index in [2.05, 4.69) is 56.3 Å². The zero-order chi connectivity index (χ0) is 11.4. The molecule has 81 valence electrons. The van der Waals surface area contributed by atoms with Gasteiger partial charge in [0.15, 0.2) is 0 Å². The summed E-state index contributed by atoms with van der Waals surface area (Å²) in [6.07, 6.45) is 2.30. The highest BCUT2D eigenvalue weighted by molar-refractivity contribution is 5.67. The number of rotatable bonds is 3. The lowest BCUT2D eigenvalue weighted by Crippen LogP contribution is -1.88. The third kappa shape index (κ3) is 2.33. The summed E-state index contributed by atoms with van der Waals surface area (Å²) in [5.74, 6) is 0. The second-order valence-corrected chi connectivity index (χ2v) is 4.14. The van der Waals surface area contributed by atoms with Gasteiger partial charge in [-0.3, -0.25) is 0 Å². The number of benzene rings is 2. The quantitative estimate of drug-likeness (QED) is 0.702. The van der Waals surface area contributed by atoms with Crippen LogP contribution in [-0.2, 0) is 6.42 Å². The third-order valence-corrected chi connectivity index (χ3v) is 2.81. The fraction of sp³-hybridized carbons (Fsp3) is 0.250. The third-order valence-electron chi connectivity index (χ3n) is 2.81. The Kier molecular flexibility index (Phi) is 3.40. The first-order chi connectivity index (χ1) is 7.81. The van der Waals surface area contributed by atoms with E-state index in [1.165, 1.54) is 28.7 Å². The highest BCUT2D eigenvalue weighted by Crippen LogP contribution is 2.23. The molecule has 0 unspecified atom stereocenters. The molecule has 0 aromatic heterocycles. The molecular formula is C16H17. The Bertz CT molecular complexity index is 455. The van der Waals surface area contributed by atoms with Crippen molar-refractivity contribution in [3.63, 3.8) is 0 Å². The zero-order valence-electron chi connectivity index (χ0n) is 9.96. The zero-order valence-corrected chi connectivity index (χ0v) is 9.96. The molecule has 0 nitrogen and oxygen atoms in total. The maximum Gasteiger partial charge on any atom is -0.0111 e. The van der Waals surface area contributed by atoms with Crippen molar-refractivity contribution in [2.75, 3.05) is 0 Å². The lowest BCUT2D eigenvalue weighted by molar-refractivity contribution is 0.919. The Morgan fingerprint density at radius 3 is 2.38 bits per heavy atom. The van der Waals surface area contributed by atoms with Crippen molar-refractivity contribution in [3.8, 4) is 11.1 Å². The number of hydrogen-bond acceptors (Lipinski definition) is 0. The summed E-state index contributed by atoms with van der Waals surface area (Å²) in [7, 11) is 0. The molecule has 0 aliphatic heterocycles. The molecule has 0 amide bonds. The van der Waals surface area contributed by atoms with Crippen LogP contribution < -0.4 is 0 Å². The first kappa shape index (κ1) is 10.9. The SMILES string of the molecule is CCCc1[c]c(C)c(-c2ccccc2)cc1. The van der Waals surface area contributed by atoms with E-state index in [0.717, 1.165) is 6.42 Å². The van der Waals surface area contributed by atoms with Gasteiger partial charge in [-0.2, -0.15) is 0 Å². The average Bonchev–Trinajstić information content (AvgIpc) is 2.31. The van der Waals surface area contributed by atoms with Gasteiger partial charge in [0.2, 0.25) is 0 Å². The molecule has 0 spiro atoms. The van der Waals surface area contributed by atoms with E-state index < -0.39 is 0 Å². The van der Waals surface area contributed by atoms with Crippen LogP contribution in [-0.4, -0.2) is 0 Å². The van der Waals surface area contributed by atoms with Gasteiger partial charge < -0.3 is 0 Å². The highest BCUT2D eigenvalue weighted by atomic mass is 14.1. The topological polar surface area (TPSA) is 0 Å². The minimum absolute atomic E-state index is 1.12. The fourth-order valence-electron chi connectivity index (χ4n) is 2.00. The van der Waals surface area contributed by atoms with Gasteiger partial charge in [-0.1, -0.05) is 55.8 Å². The number of hydrogen-bond donors (Lipinski definition) is 0. The van der Waals surface area contributed by atoms with Crippen molar-refractivity contribution in [2.24, 2.45) is 0 Å². The van der Waals surface area contributed by atoms with Crippen LogP contribution in [0.2, 0.25) is 0 Å². The summed E-state index contributed by atoms with van der Waals surface area (Å²) >= 11 is 0. The van der Waals surface area contributed by atoms with Gasteiger partial charge in [-0.25, -0.2) is 0 Å². The number of aryl methyl sites for hydroxylation is 2. The van der Waals surface area contributed by atoms with E-state index >= 15 is 0 Å². The Morgan fingerprint density at radius 2 is 1.75 bits per heavy atom. The molecule has 0 N–H and O–H groups in total. The van der Waals surface area contributed by atoms with Crippen LogP contribution in [0.3, 0.4) is 0 Å². The molecule has 0 heteroatoms. The van der Waals surface area contributed by atoms with Crippen LogP contribution in [0.4, 0.5) is 0 Å². The van der Waals surface area contributed by atoms with Crippen LogP contribution >= 0.6 is 0 Å². The predicted molar refractivity (Wildman–Crippen MR) is 69.4 cm³/mol. The largest absolute Gasteiger partial charge is 0.0651 e. The molecule has 2 aromatic carbocycles. The molecule has 2 aromatic rings. The summed E-state index contributed by atoms with van der Waals surface area (Å²) in [5, 5.41) is 0. The van der Waals surface area contributed by atoms with Crippen molar-refractivity contribution in [3.05, 3.63) is 59.7 Å². The summed E-state index contributed by atoms with van der Waals surface area (Å²) < 4.78 is 0. The molecule has 0 atom stereocenters. The molecule has 0 bridgehead atoms. The van der Waals surface area contributed by atoms with Crippen molar-refractivity contribution in [1.29, 1.82) is 0 Å².